The van der Waals surface area contributed by atoms with Gasteiger partial charge in [0.25, 0.3) is 10.0 Å². The van der Waals surface area contributed by atoms with Crippen LogP contribution in [0.15, 0.2) is 47.4 Å². The number of nitrogens with one attached hydrogen (secondary N) is 1. The zero-order valence-electron chi connectivity index (χ0n) is 14.0. The van der Waals surface area contributed by atoms with E-state index in [2.05, 4.69) is 0 Å². The van der Waals surface area contributed by atoms with Crippen LogP contribution in [0.1, 0.15) is 5.56 Å². The van der Waals surface area contributed by atoms with Gasteiger partial charge in [0.2, 0.25) is 0 Å². The smallest absolute Gasteiger partial charge is 0.324 e. The number of methoxy groups -OCH3 is 1. The van der Waals surface area contributed by atoms with Gasteiger partial charge in [-0.25, -0.2) is 8.42 Å². The monoisotopic (exact) mass is 381 g/mol. The molecule has 0 aliphatic heterocycles. The first-order valence-corrected chi connectivity index (χ1v) is 8.81. The summed E-state index contributed by atoms with van der Waals surface area (Å²) < 4.78 is 31.5. The number of ether oxygens (including phenoxy) is 1. The Kier molecular flexibility index (Phi) is 5.83. The second-order valence-corrected chi connectivity index (χ2v) is 7.23. The van der Waals surface area contributed by atoms with Gasteiger partial charge in [-0.1, -0.05) is 6.07 Å². The van der Waals surface area contributed by atoms with E-state index in [4.69, 9.17) is 9.84 Å². The van der Waals surface area contributed by atoms with Crippen LogP contribution in [0.4, 0.5) is 11.4 Å². The molecule has 0 saturated carbocycles. The lowest BCUT2D eigenvalue weighted by Gasteiger charge is -2.28. The standard InChI is InChI=1S/C16H17N2O7S/c1-11-3-8-14(9-15(11)18(21)22)26(23,24)17(10-16(19)20)12-4-6-13(25-2)7-5-12/h3-9,18H,10H2,1-2H3,(H,19,20)/q-1. The summed E-state index contributed by atoms with van der Waals surface area (Å²) >= 11 is 0. The first-order valence-electron chi connectivity index (χ1n) is 7.37. The van der Waals surface area contributed by atoms with Gasteiger partial charge in [0, 0.05) is 11.6 Å². The number of nitrogens with zero attached hydrogens (tertiary/aromatic N) is 1. The molecule has 0 bridgehead atoms. The number of hydrogen-bond donors (Lipinski definition) is 2. The molecule has 26 heavy (non-hydrogen) atoms. The molecule has 0 atom stereocenters. The molecule has 140 valence electrons. The summed E-state index contributed by atoms with van der Waals surface area (Å²) in [6.07, 6.45) is 0. The van der Waals surface area contributed by atoms with Crippen molar-refractivity contribution in [1.82, 2.24) is 0 Å². The molecule has 2 aromatic carbocycles. The van der Waals surface area contributed by atoms with E-state index in [1.807, 2.05) is 0 Å². The second-order valence-electron chi connectivity index (χ2n) is 5.37. The van der Waals surface area contributed by atoms with Crippen LogP contribution < -0.4 is 14.3 Å². The van der Waals surface area contributed by atoms with Crippen molar-refractivity contribution in [2.45, 2.75) is 11.8 Å². The highest BCUT2D eigenvalue weighted by Crippen LogP contribution is 2.27. The summed E-state index contributed by atoms with van der Waals surface area (Å²) in [6.45, 7) is 0.670. The molecule has 0 saturated heterocycles. The molecular formula is C16H17N2O7S-. The number of carbonyl (C=O) groups is 1. The Labute approximate surface area is 150 Å². The molecule has 0 amide bonds. The number of carboxylic acid groups (broad SMARTS) is 1. The molecule has 0 aliphatic carbocycles. The molecular weight excluding hydrogens is 364 g/mol. The maximum Gasteiger partial charge on any atom is 0.324 e. The predicted octanol–water partition coefficient (Wildman–Crippen LogP) is 0.796. The van der Waals surface area contributed by atoms with Crippen LogP contribution in [0.2, 0.25) is 0 Å². The minimum atomic E-state index is -4.32. The third-order valence-electron chi connectivity index (χ3n) is 3.66. The van der Waals surface area contributed by atoms with Crippen molar-refractivity contribution in [1.29, 1.82) is 0 Å². The van der Waals surface area contributed by atoms with E-state index in [1.165, 1.54) is 50.4 Å². The molecule has 0 unspecified atom stereocenters. The van der Waals surface area contributed by atoms with Crippen molar-refractivity contribution >= 4 is 27.4 Å². The maximum absolute atomic E-state index is 12.9. The lowest BCUT2D eigenvalue weighted by atomic mass is 10.2. The number of aliphatic carboxylic acids is 1. The average molecular weight is 381 g/mol. The first-order chi connectivity index (χ1) is 12.2. The molecule has 2 rings (SSSR count). The van der Waals surface area contributed by atoms with E-state index < -0.39 is 27.8 Å². The Morgan fingerprint density at radius 1 is 1.19 bits per heavy atom. The van der Waals surface area contributed by atoms with Crippen molar-refractivity contribution in [3.8, 4) is 5.75 Å². The molecule has 10 heteroatoms. The summed E-state index contributed by atoms with van der Waals surface area (Å²) in [5, 5.41) is 29.9. The summed E-state index contributed by atoms with van der Waals surface area (Å²) in [7, 11) is -2.88. The van der Waals surface area contributed by atoms with Crippen LogP contribution in [-0.4, -0.2) is 33.1 Å². The second kappa shape index (κ2) is 7.70. The Morgan fingerprint density at radius 2 is 1.81 bits per heavy atom. The van der Waals surface area contributed by atoms with E-state index >= 15 is 0 Å². The lowest BCUT2D eigenvalue weighted by Crippen LogP contribution is -2.96. The number of anilines is 1. The van der Waals surface area contributed by atoms with Gasteiger partial charge in [-0.3, -0.25) is 9.10 Å². The van der Waals surface area contributed by atoms with Gasteiger partial charge >= 0.3 is 5.97 Å². The highest BCUT2D eigenvalue weighted by atomic mass is 32.2. The average Bonchev–Trinajstić information content (AvgIpc) is 2.59. The summed E-state index contributed by atoms with van der Waals surface area (Å²) in [4.78, 5) is 10.8. The molecule has 2 aromatic rings. The van der Waals surface area contributed by atoms with Crippen molar-refractivity contribution < 1.29 is 28.3 Å². The van der Waals surface area contributed by atoms with Crippen molar-refractivity contribution in [2.75, 3.05) is 18.0 Å². The topological polar surface area (TPSA) is 134 Å². The van der Waals surface area contributed by atoms with Gasteiger partial charge < -0.3 is 25.5 Å². The van der Waals surface area contributed by atoms with Crippen LogP contribution in [0.25, 0.3) is 0 Å². The number of hydrogen-bond acceptors (Lipinski definition) is 6. The molecule has 0 aliphatic rings. The molecule has 9 nitrogen and oxygen atoms in total. The maximum atomic E-state index is 12.9. The zero-order chi connectivity index (χ0) is 19.5. The number of quaternary nitrogens is 1. The normalized spacial score (nSPS) is 11.4. The number of rotatable bonds is 7. The Bertz CT molecular complexity index is 895. The van der Waals surface area contributed by atoms with E-state index in [0.29, 0.717) is 15.6 Å². The predicted molar refractivity (Wildman–Crippen MR) is 93.7 cm³/mol. The lowest BCUT2D eigenvalue weighted by molar-refractivity contribution is -0.715. The van der Waals surface area contributed by atoms with Crippen LogP contribution >= 0.6 is 0 Å². The molecule has 0 spiro atoms. The van der Waals surface area contributed by atoms with E-state index in [9.17, 15) is 23.6 Å². The largest absolute Gasteiger partial charge is 0.628 e. The molecule has 2 N–H and O–H groups in total. The minimum Gasteiger partial charge on any atom is -0.628 e. The Balaban J connectivity index is 2.55. The van der Waals surface area contributed by atoms with Gasteiger partial charge in [-0.05, 0) is 37.3 Å². The molecule has 0 aromatic heterocycles. The number of benzene rings is 2. The molecule has 0 fully saturated rings. The fourth-order valence-electron chi connectivity index (χ4n) is 2.30. The number of carboxylic acids is 1. The number of aryl methyl sites for hydroxylation is 1. The van der Waals surface area contributed by atoms with Crippen LogP contribution in [-0.2, 0) is 14.8 Å². The van der Waals surface area contributed by atoms with E-state index in [-0.39, 0.29) is 16.3 Å². The van der Waals surface area contributed by atoms with Gasteiger partial charge in [-0.2, -0.15) is 0 Å². The van der Waals surface area contributed by atoms with Crippen molar-refractivity contribution in [2.24, 2.45) is 0 Å². The third kappa shape index (κ3) is 4.11. The van der Waals surface area contributed by atoms with Crippen LogP contribution in [0.3, 0.4) is 0 Å². The minimum absolute atomic E-state index is 0.101. The van der Waals surface area contributed by atoms with Crippen molar-refractivity contribution in [3.63, 3.8) is 0 Å². The quantitative estimate of drug-likeness (QED) is 0.677. The van der Waals surface area contributed by atoms with Gasteiger partial charge in [0.1, 0.15) is 18.0 Å². The van der Waals surface area contributed by atoms with E-state index in [1.54, 1.807) is 0 Å². The van der Waals surface area contributed by atoms with Crippen molar-refractivity contribution in [3.05, 3.63) is 58.4 Å². The molecule has 0 heterocycles. The van der Waals surface area contributed by atoms with E-state index in [0.717, 1.165) is 6.07 Å². The third-order valence-corrected chi connectivity index (χ3v) is 5.43. The van der Waals surface area contributed by atoms with Gasteiger partial charge in [-0.15, -0.1) is 0 Å². The summed E-state index contributed by atoms with van der Waals surface area (Å²) in [5.74, 6) is -0.896. The fraction of sp³-hybridized carbons (Fsp3) is 0.188. The SMILES string of the molecule is COc1ccc(N(CC(=O)O)S(=O)(=O)c2ccc(C)c([NH+]([O-])[O-])c2)cc1. The van der Waals surface area contributed by atoms with Crippen LogP contribution in [0.5, 0.6) is 5.75 Å². The highest BCUT2D eigenvalue weighted by Gasteiger charge is 2.28. The Morgan fingerprint density at radius 3 is 2.31 bits per heavy atom. The summed E-state index contributed by atoms with van der Waals surface area (Å²) in [5.41, 5.74) is 0.151. The highest BCUT2D eigenvalue weighted by molar-refractivity contribution is 7.92. The zero-order valence-corrected chi connectivity index (χ0v) is 14.8. The number of sulfonamides is 1. The first kappa shape index (κ1) is 19.7. The van der Waals surface area contributed by atoms with Crippen LogP contribution in [0, 0.1) is 17.3 Å². The molecule has 0 radical (unpaired) electrons. The fourth-order valence-corrected chi connectivity index (χ4v) is 3.74. The van der Waals surface area contributed by atoms with Gasteiger partial charge in [0.05, 0.1) is 17.7 Å². The Hall–Kier alpha value is -2.66. The summed E-state index contributed by atoms with van der Waals surface area (Å²) in [6, 6.07) is 9.27. The van der Waals surface area contributed by atoms with Gasteiger partial charge in [0.15, 0.2) is 0 Å².